The van der Waals surface area contributed by atoms with Gasteiger partial charge in [-0.3, -0.25) is 14.6 Å². The van der Waals surface area contributed by atoms with E-state index in [0.717, 1.165) is 24.6 Å². The summed E-state index contributed by atoms with van der Waals surface area (Å²) in [7, 11) is 0. The summed E-state index contributed by atoms with van der Waals surface area (Å²) in [6, 6.07) is 15.0. The highest BCUT2D eigenvalue weighted by atomic mass is 35.5. The van der Waals surface area contributed by atoms with Crippen LogP contribution in [0.3, 0.4) is 0 Å². The maximum Gasteiger partial charge on any atom is 0.258 e. The van der Waals surface area contributed by atoms with Gasteiger partial charge in [0, 0.05) is 29.9 Å². The second kappa shape index (κ2) is 10.3. The Labute approximate surface area is 200 Å². The quantitative estimate of drug-likeness (QED) is 0.425. The zero-order chi connectivity index (χ0) is 23.2. The van der Waals surface area contributed by atoms with Crippen molar-refractivity contribution in [1.29, 1.82) is 0 Å². The molecule has 33 heavy (non-hydrogen) atoms. The number of hydrogen-bond donors (Lipinski definition) is 4. The van der Waals surface area contributed by atoms with Gasteiger partial charge in [0.15, 0.2) is 5.96 Å². The van der Waals surface area contributed by atoms with Crippen LogP contribution in [0.2, 0.25) is 10.0 Å². The number of guanidine groups is 1. The van der Waals surface area contributed by atoms with E-state index in [1.807, 2.05) is 12.1 Å². The van der Waals surface area contributed by atoms with Gasteiger partial charge in [0.25, 0.3) is 11.8 Å². The third-order valence-electron chi connectivity index (χ3n) is 4.79. The Morgan fingerprint density at radius 1 is 0.939 bits per heavy atom. The molecule has 0 atom stereocenters. The molecule has 10 heteroatoms. The summed E-state index contributed by atoms with van der Waals surface area (Å²) in [6.45, 7) is 2.19. The van der Waals surface area contributed by atoms with Gasteiger partial charge in [-0.1, -0.05) is 35.3 Å². The molecule has 3 aromatic rings. The summed E-state index contributed by atoms with van der Waals surface area (Å²) in [5.41, 5.74) is 1.99. The monoisotopic (exact) mass is 482 g/mol. The van der Waals surface area contributed by atoms with Crippen LogP contribution in [0.5, 0.6) is 0 Å². The Morgan fingerprint density at radius 2 is 1.73 bits per heavy atom. The fourth-order valence-corrected chi connectivity index (χ4v) is 3.40. The number of nitrogens with zero attached hydrogens (tertiary/aromatic N) is 2. The van der Waals surface area contributed by atoms with Gasteiger partial charge in [0.1, 0.15) is 5.82 Å². The van der Waals surface area contributed by atoms with Crippen LogP contribution < -0.4 is 21.3 Å². The van der Waals surface area contributed by atoms with Gasteiger partial charge in [0.05, 0.1) is 22.8 Å². The number of carbonyl (C=O) groups excluding carboxylic acids is 2. The predicted molar refractivity (Wildman–Crippen MR) is 130 cm³/mol. The number of aromatic nitrogens is 1. The highest BCUT2D eigenvalue weighted by molar-refractivity contribution is 6.31. The Hall–Kier alpha value is -3.62. The first kappa shape index (κ1) is 22.6. The fraction of sp³-hybridized carbons (Fsp3) is 0.130. The molecule has 4 rings (SSSR count). The van der Waals surface area contributed by atoms with Crippen molar-refractivity contribution in [3.63, 3.8) is 0 Å². The Morgan fingerprint density at radius 3 is 2.42 bits per heavy atom. The summed E-state index contributed by atoms with van der Waals surface area (Å²) in [5, 5.41) is 12.6. The van der Waals surface area contributed by atoms with E-state index in [0.29, 0.717) is 33.7 Å². The Bertz CT molecular complexity index is 1200. The van der Waals surface area contributed by atoms with Crippen LogP contribution in [0.1, 0.15) is 26.3 Å². The number of pyridine rings is 1. The smallest absolute Gasteiger partial charge is 0.258 e. The third kappa shape index (κ3) is 6.00. The molecule has 0 saturated carbocycles. The SMILES string of the molecule is O=C(Nc1ccc(Cl)cc1C(=O)Nc1ccc(Cl)cn1)c1ccc(CNC2=NCCN2)cc1. The third-order valence-corrected chi connectivity index (χ3v) is 5.25. The van der Waals surface area contributed by atoms with Crippen molar-refractivity contribution < 1.29 is 9.59 Å². The van der Waals surface area contributed by atoms with Gasteiger partial charge in [0.2, 0.25) is 0 Å². The van der Waals surface area contributed by atoms with Crippen molar-refractivity contribution >= 4 is 52.5 Å². The predicted octanol–water partition coefficient (Wildman–Crippen LogP) is 3.94. The molecule has 0 spiro atoms. The van der Waals surface area contributed by atoms with E-state index in [4.69, 9.17) is 23.2 Å². The second-order valence-corrected chi connectivity index (χ2v) is 8.04. The molecule has 0 unspecified atom stereocenters. The normalized spacial score (nSPS) is 12.5. The van der Waals surface area contributed by atoms with Crippen molar-refractivity contribution in [3.05, 3.63) is 87.5 Å². The molecular formula is C23H20Cl2N6O2. The van der Waals surface area contributed by atoms with Crippen LogP contribution in [-0.4, -0.2) is 35.8 Å². The van der Waals surface area contributed by atoms with E-state index < -0.39 is 5.91 Å². The number of amides is 2. The average Bonchev–Trinajstić information content (AvgIpc) is 3.34. The first-order chi connectivity index (χ1) is 16.0. The van der Waals surface area contributed by atoms with Crippen molar-refractivity contribution in [2.24, 2.45) is 4.99 Å². The lowest BCUT2D eigenvalue weighted by Crippen LogP contribution is -2.33. The first-order valence-electron chi connectivity index (χ1n) is 10.1. The van der Waals surface area contributed by atoms with Crippen LogP contribution in [0.4, 0.5) is 11.5 Å². The maximum atomic E-state index is 12.8. The summed E-state index contributed by atoms with van der Waals surface area (Å²) in [5.74, 6) is 0.286. The Kier molecular flexibility index (Phi) is 7.07. The molecule has 0 fully saturated rings. The van der Waals surface area contributed by atoms with E-state index in [1.165, 1.54) is 12.3 Å². The molecule has 2 aromatic carbocycles. The molecule has 1 aliphatic heterocycles. The molecule has 0 bridgehead atoms. The van der Waals surface area contributed by atoms with Gasteiger partial charge in [-0.25, -0.2) is 4.98 Å². The van der Waals surface area contributed by atoms with E-state index in [1.54, 1.807) is 36.4 Å². The molecule has 1 aliphatic rings. The number of benzene rings is 2. The van der Waals surface area contributed by atoms with E-state index in [-0.39, 0.29) is 11.5 Å². The number of anilines is 2. The Balaban J connectivity index is 1.44. The number of nitrogens with one attached hydrogen (secondary N) is 4. The van der Waals surface area contributed by atoms with Gasteiger partial charge < -0.3 is 21.3 Å². The minimum Gasteiger partial charge on any atom is -0.355 e. The van der Waals surface area contributed by atoms with Crippen molar-refractivity contribution in [2.45, 2.75) is 6.54 Å². The van der Waals surface area contributed by atoms with E-state index >= 15 is 0 Å². The topological polar surface area (TPSA) is 108 Å². The zero-order valence-corrected chi connectivity index (χ0v) is 18.9. The number of rotatable bonds is 6. The van der Waals surface area contributed by atoms with E-state index in [9.17, 15) is 9.59 Å². The van der Waals surface area contributed by atoms with Crippen molar-refractivity contribution in [1.82, 2.24) is 15.6 Å². The summed E-state index contributed by atoms with van der Waals surface area (Å²) in [4.78, 5) is 33.9. The molecule has 2 amide bonds. The number of halogens is 2. The molecule has 2 heterocycles. The molecule has 168 valence electrons. The van der Waals surface area contributed by atoms with Gasteiger partial charge in [-0.2, -0.15) is 0 Å². The summed E-state index contributed by atoms with van der Waals surface area (Å²) >= 11 is 11.9. The van der Waals surface area contributed by atoms with Gasteiger partial charge in [-0.05, 0) is 48.0 Å². The zero-order valence-electron chi connectivity index (χ0n) is 17.4. The second-order valence-electron chi connectivity index (χ2n) is 7.17. The fourth-order valence-electron chi connectivity index (χ4n) is 3.12. The minimum atomic E-state index is -0.465. The van der Waals surface area contributed by atoms with Crippen LogP contribution in [-0.2, 0) is 6.54 Å². The number of aliphatic imine (C=N–C) groups is 1. The molecule has 0 aliphatic carbocycles. The lowest BCUT2D eigenvalue weighted by molar-refractivity contribution is 0.102. The highest BCUT2D eigenvalue weighted by Crippen LogP contribution is 2.23. The summed E-state index contributed by atoms with van der Waals surface area (Å²) < 4.78 is 0. The number of hydrogen-bond acceptors (Lipinski definition) is 6. The lowest BCUT2D eigenvalue weighted by Gasteiger charge is -2.12. The molecular weight excluding hydrogens is 463 g/mol. The first-order valence-corrected chi connectivity index (χ1v) is 10.9. The van der Waals surface area contributed by atoms with Crippen LogP contribution in [0.25, 0.3) is 0 Å². The summed E-state index contributed by atoms with van der Waals surface area (Å²) in [6.07, 6.45) is 1.43. The van der Waals surface area contributed by atoms with Crippen LogP contribution in [0, 0.1) is 0 Å². The molecule has 1 aromatic heterocycles. The molecule has 0 saturated heterocycles. The molecule has 0 radical (unpaired) electrons. The largest absolute Gasteiger partial charge is 0.355 e. The number of carbonyl (C=O) groups is 2. The average molecular weight is 483 g/mol. The van der Waals surface area contributed by atoms with E-state index in [2.05, 4.69) is 31.2 Å². The van der Waals surface area contributed by atoms with Crippen molar-refractivity contribution in [3.8, 4) is 0 Å². The van der Waals surface area contributed by atoms with Crippen LogP contribution in [0.15, 0.2) is 65.8 Å². The van der Waals surface area contributed by atoms with Gasteiger partial charge in [-0.15, -0.1) is 0 Å². The van der Waals surface area contributed by atoms with Crippen molar-refractivity contribution in [2.75, 3.05) is 23.7 Å². The van der Waals surface area contributed by atoms with Crippen LogP contribution >= 0.6 is 23.2 Å². The standard InChI is InChI=1S/C23H20Cl2N6O2/c24-16-5-7-19(18(11-16)22(33)31-20-8-6-17(25)13-28-20)30-21(32)15-3-1-14(2-4-15)12-29-23-26-9-10-27-23/h1-8,11,13H,9-10,12H2,(H,30,32)(H2,26,27,29)(H,28,31,33). The van der Waals surface area contributed by atoms with Gasteiger partial charge >= 0.3 is 0 Å². The maximum absolute atomic E-state index is 12.8. The molecule has 4 N–H and O–H groups in total. The highest BCUT2D eigenvalue weighted by Gasteiger charge is 2.16. The molecule has 8 nitrogen and oxygen atoms in total. The minimum absolute atomic E-state index is 0.207. The lowest BCUT2D eigenvalue weighted by atomic mass is 10.1.